The van der Waals surface area contributed by atoms with Crippen LogP contribution in [-0.4, -0.2) is 26.7 Å². The molecule has 1 rings (SSSR count). The Morgan fingerprint density at radius 2 is 2.10 bits per heavy atom. The maximum absolute atomic E-state index is 12.0. The van der Waals surface area contributed by atoms with E-state index in [1.165, 1.54) is 0 Å². The maximum atomic E-state index is 12.0. The minimum Gasteiger partial charge on any atom is -0.396 e. The van der Waals surface area contributed by atoms with E-state index in [-0.39, 0.29) is 17.8 Å². The minimum atomic E-state index is -3.41. The van der Waals surface area contributed by atoms with Crippen LogP contribution in [0.5, 0.6) is 0 Å². The Morgan fingerprint density at radius 3 is 2.71 bits per heavy atom. The van der Waals surface area contributed by atoms with E-state index in [9.17, 15) is 8.42 Å². The molecule has 0 aliphatic heterocycles. The molecule has 0 atom stereocenters. The largest absolute Gasteiger partial charge is 0.396 e. The van der Waals surface area contributed by atoms with Crippen molar-refractivity contribution in [1.29, 1.82) is 5.26 Å². The Labute approximate surface area is 126 Å². The molecule has 116 valence electrons. The number of hydrogen-bond acceptors (Lipinski definition) is 4. The molecular weight excluding hydrogens is 288 g/mol. The van der Waals surface area contributed by atoms with Gasteiger partial charge in [-0.3, -0.25) is 0 Å². The summed E-state index contributed by atoms with van der Waals surface area (Å²) in [6.45, 7) is 4.31. The van der Waals surface area contributed by atoms with Crippen molar-refractivity contribution in [3.05, 3.63) is 35.4 Å². The van der Waals surface area contributed by atoms with Crippen molar-refractivity contribution in [1.82, 2.24) is 4.72 Å². The van der Waals surface area contributed by atoms with Crippen LogP contribution >= 0.6 is 0 Å². The molecule has 6 heteroatoms. The molecule has 0 bridgehead atoms. The van der Waals surface area contributed by atoms with E-state index in [4.69, 9.17) is 10.4 Å². The molecule has 0 saturated heterocycles. The van der Waals surface area contributed by atoms with E-state index < -0.39 is 10.0 Å². The molecule has 1 aromatic rings. The number of nitrogens with zero attached hydrogens (tertiary/aromatic N) is 1. The first-order valence-corrected chi connectivity index (χ1v) is 8.50. The van der Waals surface area contributed by atoms with Gasteiger partial charge in [-0.05, 0) is 36.0 Å². The first kappa shape index (κ1) is 17.6. The molecule has 0 amide bonds. The summed E-state index contributed by atoms with van der Waals surface area (Å²) in [4.78, 5) is 0. The Bertz CT molecular complexity index is 604. The monoisotopic (exact) mass is 310 g/mol. The van der Waals surface area contributed by atoms with Crippen LogP contribution in [0.1, 0.15) is 37.8 Å². The van der Waals surface area contributed by atoms with Gasteiger partial charge in [0.2, 0.25) is 10.0 Å². The number of sulfonamides is 1. The molecule has 21 heavy (non-hydrogen) atoms. The zero-order chi connectivity index (χ0) is 15.9. The lowest BCUT2D eigenvalue weighted by molar-refractivity contribution is 0.148. The van der Waals surface area contributed by atoms with Gasteiger partial charge in [0.15, 0.2) is 0 Å². The summed E-state index contributed by atoms with van der Waals surface area (Å²) in [5.74, 6) is -0.133. The number of aliphatic hydroxyl groups is 1. The fraction of sp³-hybridized carbons (Fsp3) is 0.533. The summed E-state index contributed by atoms with van der Waals surface area (Å²) >= 11 is 0. The number of rotatable bonds is 8. The molecule has 0 unspecified atom stereocenters. The van der Waals surface area contributed by atoms with E-state index in [0.29, 0.717) is 24.1 Å². The highest BCUT2D eigenvalue weighted by molar-refractivity contribution is 7.88. The van der Waals surface area contributed by atoms with Crippen molar-refractivity contribution in [3.8, 4) is 6.07 Å². The fourth-order valence-corrected chi connectivity index (χ4v) is 3.05. The van der Waals surface area contributed by atoms with Crippen LogP contribution in [0.15, 0.2) is 24.3 Å². The minimum absolute atomic E-state index is 0.0840. The lowest BCUT2D eigenvalue weighted by atomic mass is 9.89. The molecule has 0 saturated carbocycles. The highest BCUT2D eigenvalue weighted by Gasteiger charge is 2.17. The molecule has 0 aliphatic rings. The predicted octanol–water partition coefficient (Wildman–Crippen LogP) is 1.78. The summed E-state index contributed by atoms with van der Waals surface area (Å²) in [6.07, 6.45) is 1.42. The molecule has 2 N–H and O–H groups in total. The van der Waals surface area contributed by atoms with Crippen LogP contribution in [0.3, 0.4) is 0 Å². The highest BCUT2D eigenvalue weighted by Crippen LogP contribution is 2.20. The van der Waals surface area contributed by atoms with E-state index in [1.54, 1.807) is 24.3 Å². The van der Waals surface area contributed by atoms with Crippen molar-refractivity contribution >= 4 is 10.0 Å². The normalized spacial score (nSPS) is 12.1. The Morgan fingerprint density at radius 1 is 1.38 bits per heavy atom. The zero-order valence-electron chi connectivity index (χ0n) is 12.5. The molecule has 1 aromatic carbocycles. The van der Waals surface area contributed by atoms with Gasteiger partial charge in [-0.15, -0.1) is 0 Å². The third-order valence-electron chi connectivity index (χ3n) is 3.19. The van der Waals surface area contributed by atoms with Crippen LogP contribution in [0.4, 0.5) is 0 Å². The van der Waals surface area contributed by atoms with Crippen LogP contribution in [0.25, 0.3) is 0 Å². The lowest BCUT2D eigenvalue weighted by Gasteiger charge is -2.21. The van der Waals surface area contributed by atoms with Crippen LogP contribution < -0.4 is 4.72 Å². The Balaban J connectivity index is 2.49. The summed E-state index contributed by atoms with van der Waals surface area (Å²) in [5, 5.41) is 17.9. The standard InChI is InChI=1S/C15H22N2O3S/c1-15(2,12-18)7-4-8-17-21(19,20)11-14-6-3-5-13(9-14)10-16/h3,5-6,9,17-18H,4,7-8,11-12H2,1-2H3. The van der Waals surface area contributed by atoms with E-state index >= 15 is 0 Å². The molecule has 5 nitrogen and oxygen atoms in total. The number of hydrogen-bond donors (Lipinski definition) is 2. The summed E-state index contributed by atoms with van der Waals surface area (Å²) < 4.78 is 26.4. The highest BCUT2D eigenvalue weighted by atomic mass is 32.2. The van der Waals surface area contributed by atoms with Crippen LogP contribution in [-0.2, 0) is 15.8 Å². The fourth-order valence-electron chi connectivity index (χ4n) is 1.87. The van der Waals surface area contributed by atoms with Crippen molar-refractivity contribution in [3.63, 3.8) is 0 Å². The van der Waals surface area contributed by atoms with Gasteiger partial charge in [-0.25, -0.2) is 13.1 Å². The molecule has 0 aromatic heterocycles. The van der Waals surface area contributed by atoms with Crippen LogP contribution in [0.2, 0.25) is 0 Å². The second kappa shape index (κ2) is 7.55. The van der Waals surface area contributed by atoms with Gasteiger partial charge >= 0.3 is 0 Å². The average Bonchev–Trinajstić information content (AvgIpc) is 2.43. The smallest absolute Gasteiger partial charge is 0.215 e. The van der Waals surface area contributed by atoms with Gasteiger partial charge in [0.1, 0.15) is 0 Å². The lowest BCUT2D eigenvalue weighted by Crippen LogP contribution is -2.27. The van der Waals surface area contributed by atoms with Crippen molar-refractivity contribution in [2.75, 3.05) is 13.2 Å². The SMILES string of the molecule is CC(C)(CO)CCCNS(=O)(=O)Cc1cccc(C#N)c1. The predicted molar refractivity (Wildman–Crippen MR) is 81.9 cm³/mol. The number of nitriles is 1. The van der Waals surface area contributed by atoms with Gasteiger partial charge in [0, 0.05) is 13.2 Å². The first-order valence-electron chi connectivity index (χ1n) is 6.85. The second-order valence-corrected chi connectivity index (χ2v) is 7.70. The quantitative estimate of drug-likeness (QED) is 0.716. The van der Waals surface area contributed by atoms with E-state index in [2.05, 4.69) is 4.72 Å². The van der Waals surface area contributed by atoms with E-state index in [0.717, 1.165) is 6.42 Å². The van der Waals surface area contributed by atoms with Crippen molar-refractivity contribution in [2.24, 2.45) is 5.41 Å². The Kier molecular flexibility index (Phi) is 6.34. The van der Waals surface area contributed by atoms with Gasteiger partial charge < -0.3 is 5.11 Å². The maximum Gasteiger partial charge on any atom is 0.215 e. The molecule has 0 radical (unpaired) electrons. The molecule has 0 spiro atoms. The molecule has 0 aliphatic carbocycles. The average molecular weight is 310 g/mol. The van der Waals surface area contributed by atoms with Gasteiger partial charge in [0.25, 0.3) is 0 Å². The molecule has 0 heterocycles. The summed E-state index contributed by atoms with van der Waals surface area (Å²) in [7, 11) is -3.41. The second-order valence-electron chi connectivity index (χ2n) is 5.89. The first-order chi connectivity index (χ1) is 9.78. The Hall–Kier alpha value is -1.42. The van der Waals surface area contributed by atoms with Gasteiger partial charge in [-0.2, -0.15) is 5.26 Å². The van der Waals surface area contributed by atoms with Crippen LogP contribution in [0, 0.1) is 16.7 Å². The van der Waals surface area contributed by atoms with Crippen molar-refractivity contribution in [2.45, 2.75) is 32.4 Å². The van der Waals surface area contributed by atoms with Gasteiger partial charge in [0.05, 0.1) is 17.4 Å². The number of benzene rings is 1. The zero-order valence-corrected chi connectivity index (χ0v) is 13.3. The number of nitrogens with one attached hydrogen (secondary N) is 1. The third-order valence-corrected chi connectivity index (χ3v) is 4.55. The summed E-state index contributed by atoms with van der Waals surface area (Å²) in [5.41, 5.74) is 0.858. The van der Waals surface area contributed by atoms with E-state index in [1.807, 2.05) is 19.9 Å². The summed E-state index contributed by atoms with van der Waals surface area (Å²) in [6, 6.07) is 8.57. The van der Waals surface area contributed by atoms with Gasteiger partial charge in [-0.1, -0.05) is 26.0 Å². The van der Waals surface area contributed by atoms with Crippen molar-refractivity contribution < 1.29 is 13.5 Å². The topological polar surface area (TPSA) is 90.2 Å². The number of aliphatic hydroxyl groups excluding tert-OH is 1. The molecular formula is C15H22N2O3S. The third kappa shape index (κ3) is 6.71. The molecule has 0 fully saturated rings.